The molecule has 8 nitrogen and oxygen atoms in total. The van der Waals surface area contributed by atoms with Crippen molar-refractivity contribution in [3.8, 4) is 17.2 Å². The number of anilines is 1. The molecule has 0 fully saturated rings. The van der Waals surface area contributed by atoms with E-state index in [-0.39, 0.29) is 23.7 Å². The molecule has 2 amide bonds. The number of fused-ring (bicyclic) bond motifs is 2. The standard InChI is InChI=1S/C23H27N3O5/c1-13-6-5-7-14(2)19(13)25-23(28)20-18-15(8-9-26(20,3)11-17(24)27)10-16-21(22(18)29-4)31-12-30-16/h5-7,10,20H,8-9,11-12H2,1-4H3,(H2-,24,25,27,28)/p+1/t20-,26?/m1/s1. The molecular weight excluding hydrogens is 398 g/mol. The summed E-state index contributed by atoms with van der Waals surface area (Å²) in [4.78, 5) is 25.8. The Morgan fingerprint density at radius 1 is 1.26 bits per heavy atom. The predicted octanol–water partition coefficient (Wildman–Crippen LogP) is 2.21. The van der Waals surface area contributed by atoms with Gasteiger partial charge in [-0.2, -0.15) is 0 Å². The SMILES string of the molecule is COc1c2c(cc3c1[C@H](C(=O)Nc1c(C)cccc1C)[N+](C)(CC(N)=O)CC3)OCO2. The number of carbonyl (C=O) groups excluding carboxylic acids is 2. The first-order chi connectivity index (χ1) is 14.7. The molecule has 2 atom stereocenters. The van der Waals surface area contributed by atoms with Crippen LogP contribution in [0.2, 0.25) is 0 Å². The molecule has 0 saturated carbocycles. The molecule has 2 aromatic carbocycles. The third-order valence-electron chi connectivity index (χ3n) is 6.23. The van der Waals surface area contributed by atoms with E-state index in [0.717, 1.165) is 22.4 Å². The number of ether oxygens (including phenoxy) is 3. The average Bonchev–Trinajstić information content (AvgIpc) is 3.16. The van der Waals surface area contributed by atoms with Gasteiger partial charge in [0.1, 0.15) is 0 Å². The Bertz CT molecular complexity index is 1050. The summed E-state index contributed by atoms with van der Waals surface area (Å²) in [6, 6.07) is 7.06. The maximum atomic E-state index is 13.8. The fraction of sp³-hybridized carbons (Fsp3) is 0.391. The molecule has 0 radical (unpaired) electrons. The maximum Gasteiger partial charge on any atom is 0.287 e. The molecule has 3 N–H and O–H groups in total. The third kappa shape index (κ3) is 3.57. The number of likely N-dealkylation sites (N-methyl/N-ethyl adjacent to an activating group) is 1. The molecule has 2 aliphatic rings. The molecule has 4 rings (SSSR count). The number of hydrogen-bond donors (Lipinski definition) is 2. The minimum Gasteiger partial charge on any atom is -0.492 e. The smallest absolute Gasteiger partial charge is 0.287 e. The zero-order chi connectivity index (χ0) is 22.3. The van der Waals surface area contributed by atoms with E-state index < -0.39 is 11.9 Å². The highest BCUT2D eigenvalue weighted by atomic mass is 16.7. The molecule has 0 bridgehead atoms. The molecule has 2 aromatic rings. The zero-order valence-electron chi connectivity index (χ0n) is 18.3. The van der Waals surface area contributed by atoms with Crippen LogP contribution in [0, 0.1) is 13.8 Å². The number of primary amides is 1. The van der Waals surface area contributed by atoms with Crippen molar-refractivity contribution in [2.45, 2.75) is 26.3 Å². The van der Waals surface area contributed by atoms with Gasteiger partial charge in [-0.1, -0.05) is 18.2 Å². The molecule has 0 spiro atoms. The number of nitrogens with two attached hydrogens (primary N) is 1. The molecule has 0 aliphatic carbocycles. The molecular formula is C23H28N3O5+. The van der Waals surface area contributed by atoms with Crippen LogP contribution in [0.25, 0.3) is 0 Å². The van der Waals surface area contributed by atoms with Crippen molar-refractivity contribution in [2.24, 2.45) is 5.73 Å². The van der Waals surface area contributed by atoms with Crippen LogP contribution < -0.4 is 25.3 Å². The molecule has 1 unspecified atom stereocenters. The Balaban J connectivity index is 1.86. The van der Waals surface area contributed by atoms with E-state index in [0.29, 0.717) is 35.8 Å². The number of aryl methyl sites for hydroxylation is 2. The van der Waals surface area contributed by atoms with Crippen molar-refractivity contribution in [3.05, 3.63) is 46.5 Å². The van der Waals surface area contributed by atoms with Gasteiger partial charge in [0.25, 0.3) is 11.8 Å². The van der Waals surface area contributed by atoms with E-state index in [1.165, 1.54) is 0 Å². The molecule has 164 valence electrons. The normalized spacial score (nSPS) is 21.4. The summed E-state index contributed by atoms with van der Waals surface area (Å²) in [7, 11) is 3.43. The van der Waals surface area contributed by atoms with E-state index in [1.807, 2.05) is 45.2 Å². The first-order valence-electron chi connectivity index (χ1n) is 10.2. The van der Waals surface area contributed by atoms with Gasteiger partial charge in [0.15, 0.2) is 24.1 Å². The summed E-state index contributed by atoms with van der Waals surface area (Å²) in [6.07, 6.45) is 0.652. The first-order valence-corrected chi connectivity index (χ1v) is 10.2. The zero-order valence-corrected chi connectivity index (χ0v) is 18.3. The summed E-state index contributed by atoms with van der Waals surface area (Å²) in [6.45, 7) is 4.60. The van der Waals surface area contributed by atoms with Gasteiger partial charge < -0.3 is 29.7 Å². The number of hydrogen-bond acceptors (Lipinski definition) is 5. The lowest BCUT2D eigenvalue weighted by Crippen LogP contribution is -2.58. The van der Waals surface area contributed by atoms with Gasteiger partial charge in [0.05, 0.1) is 26.3 Å². The summed E-state index contributed by atoms with van der Waals surface area (Å²) in [5.41, 5.74) is 9.95. The molecule has 8 heteroatoms. The summed E-state index contributed by atoms with van der Waals surface area (Å²) in [5, 5.41) is 3.10. The Kier molecular flexibility index (Phi) is 5.26. The van der Waals surface area contributed by atoms with Crippen LogP contribution in [0.3, 0.4) is 0 Å². The highest BCUT2D eigenvalue weighted by molar-refractivity contribution is 5.97. The van der Waals surface area contributed by atoms with Gasteiger partial charge in [-0.25, -0.2) is 0 Å². The van der Waals surface area contributed by atoms with Crippen LogP contribution in [0.1, 0.15) is 28.3 Å². The molecule has 31 heavy (non-hydrogen) atoms. The highest BCUT2D eigenvalue weighted by Gasteiger charge is 2.48. The van der Waals surface area contributed by atoms with Gasteiger partial charge in [-0.05, 0) is 36.6 Å². The van der Waals surface area contributed by atoms with E-state index in [9.17, 15) is 9.59 Å². The lowest BCUT2D eigenvalue weighted by atomic mass is 9.88. The van der Waals surface area contributed by atoms with Crippen LogP contribution in [0.4, 0.5) is 5.69 Å². The maximum absolute atomic E-state index is 13.8. The second kappa shape index (κ2) is 7.77. The largest absolute Gasteiger partial charge is 0.492 e. The third-order valence-corrected chi connectivity index (χ3v) is 6.23. The summed E-state index contributed by atoms with van der Waals surface area (Å²) in [5.74, 6) is 0.879. The summed E-state index contributed by atoms with van der Waals surface area (Å²) >= 11 is 0. The average molecular weight is 426 g/mol. The number of nitrogens with zero attached hydrogens (tertiary/aromatic N) is 1. The minimum absolute atomic E-state index is 0.0296. The number of nitrogens with one attached hydrogen (secondary N) is 1. The molecule has 2 aliphatic heterocycles. The second-order valence-corrected chi connectivity index (χ2v) is 8.45. The number of rotatable bonds is 5. The Morgan fingerprint density at radius 2 is 1.97 bits per heavy atom. The van der Waals surface area contributed by atoms with Gasteiger partial charge in [-0.3, -0.25) is 9.59 Å². The number of quaternary nitrogens is 1. The van der Waals surface area contributed by atoms with Crippen molar-refractivity contribution in [2.75, 3.05) is 39.4 Å². The van der Waals surface area contributed by atoms with Crippen molar-refractivity contribution < 1.29 is 28.3 Å². The van der Waals surface area contributed by atoms with E-state index in [2.05, 4.69) is 5.32 Å². The molecule has 0 aromatic heterocycles. The van der Waals surface area contributed by atoms with Gasteiger partial charge in [0.2, 0.25) is 12.5 Å². The number of carbonyl (C=O) groups is 2. The number of para-hydroxylation sites is 1. The Hall–Kier alpha value is -3.26. The van der Waals surface area contributed by atoms with Crippen molar-refractivity contribution in [3.63, 3.8) is 0 Å². The van der Waals surface area contributed by atoms with E-state index >= 15 is 0 Å². The fourth-order valence-electron chi connectivity index (χ4n) is 4.75. The summed E-state index contributed by atoms with van der Waals surface area (Å²) < 4.78 is 17.1. The van der Waals surface area contributed by atoms with Crippen molar-refractivity contribution in [1.82, 2.24) is 0 Å². The van der Waals surface area contributed by atoms with Crippen LogP contribution in [-0.2, 0) is 16.0 Å². The van der Waals surface area contributed by atoms with Gasteiger partial charge >= 0.3 is 0 Å². The number of amides is 2. The van der Waals surface area contributed by atoms with Crippen LogP contribution in [0.15, 0.2) is 24.3 Å². The van der Waals surface area contributed by atoms with Gasteiger partial charge in [-0.15, -0.1) is 0 Å². The van der Waals surface area contributed by atoms with Crippen LogP contribution in [0.5, 0.6) is 17.2 Å². The second-order valence-electron chi connectivity index (χ2n) is 8.45. The lowest BCUT2D eigenvalue weighted by Gasteiger charge is -2.44. The Labute approximate surface area is 181 Å². The predicted molar refractivity (Wildman–Crippen MR) is 115 cm³/mol. The monoisotopic (exact) mass is 426 g/mol. The van der Waals surface area contributed by atoms with Crippen LogP contribution in [-0.4, -0.2) is 50.3 Å². The quantitative estimate of drug-likeness (QED) is 0.714. The van der Waals surface area contributed by atoms with Gasteiger partial charge in [0, 0.05) is 12.1 Å². The number of benzene rings is 2. The molecule has 2 heterocycles. The highest BCUT2D eigenvalue weighted by Crippen LogP contribution is 2.51. The topological polar surface area (TPSA) is 99.9 Å². The van der Waals surface area contributed by atoms with Crippen LogP contribution >= 0.6 is 0 Å². The van der Waals surface area contributed by atoms with Crippen molar-refractivity contribution >= 4 is 17.5 Å². The fourth-order valence-corrected chi connectivity index (χ4v) is 4.75. The Morgan fingerprint density at radius 3 is 2.61 bits per heavy atom. The lowest BCUT2D eigenvalue weighted by molar-refractivity contribution is -0.924. The minimum atomic E-state index is -0.709. The van der Waals surface area contributed by atoms with E-state index in [1.54, 1.807) is 7.11 Å². The first kappa shape index (κ1) is 21.0. The van der Waals surface area contributed by atoms with Crippen molar-refractivity contribution in [1.29, 1.82) is 0 Å². The van der Waals surface area contributed by atoms with E-state index in [4.69, 9.17) is 19.9 Å². The number of methoxy groups -OCH3 is 1. The molecule has 0 saturated heterocycles.